The highest BCUT2D eigenvalue weighted by Gasteiger charge is 2.09. The van der Waals surface area contributed by atoms with Crippen molar-refractivity contribution in [2.45, 2.75) is 0 Å². The second-order valence-corrected chi connectivity index (χ2v) is 4.06. The van der Waals surface area contributed by atoms with E-state index in [4.69, 9.17) is 4.74 Å². The first-order chi connectivity index (χ1) is 9.70. The summed E-state index contributed by atoms with van der Waals surface area (Å²) >= 11 is 0. The van der Waals surface area contributed by atoms with Gasteiger partial charge < -0.3 is 10.1 Å². The van der Waals surface area contributed by atoms with Gasteiger partial charge in [-0.1, -0.05) is 24.8 Å². The number of hydrogen-bond donors (Lipinski definition) is 1. The first-order valence-corrected chi connectivity index (χ1v) is 6.10. The van der Waals surface area contributed by atoms with Crippen molar-refractivity contribution < 1.29 is 13.9 Å². The molecule has 4 heteroatoms. The van der Waals surface area contributed by atoms with Gasteiger partial charge in [0, 0.05) is 5.56 Å². The molecule has 0 aromatic heterocycles. The number of para-hydroxylation sites is 2. The predicted octanol–water partition coefficient (Wildman–Crippen LogP) is 3.64. The summed E-state index contributed by atoms with van der Waals surface area (Å²) in [5, 5.41) is 2.73. The lowest BCUT2D eigenvalue weighted by atomic mass is 10.2. The summed E-state index contributed by atoms with van der Waals surface area (Å²) in [6.07, 6.45) is 1.62. The van der Waals surface area contributed by atoms with Crippen molar-refractivity contribution in [3.05, 3.63) is 72.6 Å². The van der Waals surface area contributed by atoms with E-state index in [-0.39, 0.29) is 11.7 Å². The Morgan fingerprint density at radius 2 is 1.90 bits per heavy atom. The van der Waals surface area contributed by atoms with Gasteiger partial charge in [0.05, 0.1) is 5.69 Å². The summed E-state index contributed by atoms with van der Waals surface area (Å²) in [7, 11) is 0. The predicted molar refractivity (Wildman–Crippen MR) is 76.5 cm³/mol. The number of hydrogen-bond acceptors (Lipinski definition) is 2. The third kappa shape index (κ3) is 3.45. The number of ether oxygens (including phenoxy) is 1. The molecule has 0 radical (unpaired) electrons. The normalized spacial score (nSPS) is 9.85. The van der Waals surface area contributed by atoms with Crippen LogP contribution < -0.4 is 10.1 Å². The average molecular weight is 271 g/mol. The van der Waals surface area contributed by atoms with Gasteiger partial charge in [-0.3, -0.25) is 4.79 Å². The van der Waals surface area contributed by atoms with Gasteiger partial charge in [0.25, 0.3) is 5.91 Å². The topological polar surface area (TPSA) is 38.3 Å². The maximum absolute atomic E-state index is 12.8. The first kappa shape index (κ1) is 13.8. The Morgan fingerprint density at radius 3 is 2.60 bits per heavy atom. The van der Waals surface area contributed by atoms with Crippen LogP contribution in [-0.4, -0.2) is 12.5 Å². The van der Waals surface area contributed by atoms with E-state index in [1.165, 1.54) is 24.3 Å². The summed E-state index contributed by atoms with van der Waals surface area (Å²) < 4.78 is 18.3. The van der Waals surface area contributed by atoms with Gasteiger partial charge in [0.1, 0.15) is 18.2 Å². The molecule has 1 amide bonds. The minimum atomic E-state index is -0.378. The number of rotatable bonds is 5. The molecule has 0 aliphatic carbocycles. The number of carbonyl (C=O) groups is 1. The van der Waals surface area contributed by atoms with Gasteiger partial charge in [-0.15, -0.1) is 0 Å². The highest BCUT2D eigenvalue weighted by Crippen LogP contribution is 2.24. The number of nitrogens with one attached hydrogen (secondary N) is 1. The number of carbonyl (C=O) groups excluding carboxylic acids is 1. The van der Waals surface area contributed by atoms with E-state index in [2.05, 4.69) is 11.9 Å². The third-order valence-electron chi connectivity index (χ3n) is 2.60. The highest BCUT2D eigenvalue weighted by molar-refractivity contribution is 6.04. The van der Waals surface area contributed by atoms with Crippen LogP contribution in [0.2, 0.25) is 0 Å². The van der Waals surface area contributed by atoms with E-state index >= 15 is 0 Å². The molecular weight excluding hydrogens is 257 g/mol. The van der Waals surface area contributed by atoms with Gasteiger partial charge in [0.2, 0.25) is 0 Å². The van der Waals surface area contributed by atoms with Crippen molar-refractivity contribution in [1.82, 2.24) is 0 Å². The van der Waals surface area contributed by atoms with Gasteiger partial charge in [-0.05, 0) is 36.4 Å². The number of amides is 1. The van der Waals surface area contributed by atoms with Crippen LogP contribution in [0.4, 0.5) is 10.1 Å². The van der Waals surface area contributed by atoms with Gasteiger partial charge in [-0.2, -0.15) is 0 Å². The van der Waals surface area contributed by atoms with Crippen LogP contribution in [0, 0.1) is 5.82 Å². The van der Waals surface area contributed by atoms with Crippen LogP contribution in [0.1, 0.15) is 10.4 Å². The molecule has 0 spiro atoms. The molecule has 2 aromatic carbocycles. The molecule has 0 fully saturated rings. The second-order valence-electron chi connectivity index (χ2n) is 4.06. The Bertz CT molecular complexity index is 608. The molecule has 3 nitrogen and oxygen atoms in total. The zero-order valence-electron chi connectivity index (χ0n) is 10.8. The van der Waals surface area contributed by atoms with E-state index < -0.39 is 0 Å². The van der Waals surface area contributed by atoms with Gasteiger partial charge in [0.15, 0.2) is 0 Å². The van der Waals surface area contributed by atoms with E-state index in [1.54, 1.807) is 24.3 Å². The second kappa shape index (κ2) is 6.52. The molecule has 20 heavy (non-hydrogen) atoms. The standard InChI is InChI=1S/C16H14FNO2/c1-2-11-20-15-6-4-3-5-14(15)18-16(19)12-7-9-13(17)10-8-12/h2-10H,1,11H2,(H,18,19). The summed E-state index contributed by atoms with van der Waals surface area (Å²) in [6, 6.07) is 12.4. The van der Waals surface area contributed by atoms with E-state index in [1.807, 2.05) is 6.07 Å². The third-order valence-corrected chi connectivity index (χ3v) is 2.60. The fourth-order valence-corrected chi connectivity index (χ4v) is 1.64. The minimum absolute atomic E-state index is 0.320. The Balaban J connectivity index is 2.15. The molecule has 2 rings (SSSR count). The fourth-order valence-electron chi connectivity index (χ4n) is 1.64. The minimum Gasteiger partial charge on any atom is -0.487 e. The van der Waals surface area contributed by atoms with E-state index in [0.29, 0.717) is 23.6 Å². The molecule has 0 bridgehead atoms. The van der Waals surface area contributed by atoms with Crippen LogP contribution in [0.25, 0.3) is 0 Å². The smallest absolute Gasteiger partial charge is 0.255 e. The number of benzene rings is 2. The zero-order chi connectivity index (χ0) is 14.4. The summed E-state index contributed by atoms with van der Waals surface area (Å²) in [6.45, 7) is 3.92. The fraction of sp³-hybridized carbons (Fsp3) is 0.0625. The molecule has 0 unspecified atom stereocenters. The zero-order valence-corrected chi connectivity index (χ0v) is 10.8. The number of halogens is 1. The van der Waals surface area contributed by atoms with Crippen molar-refractivity contribution in [2.24, 2.45) is 0 Å². The maximum Gasteiger partial charge on any atom is 0.255 e. The van der Waals surface area contributed by atoms with E-state index in [9.17, 15) is 9.18 Å². The Morgan fingerprint density at radius 1 is 1.20 bits per heavy atom. The summed E-state index contributed by atoms with van der Waals surface area (Å²) in [5.74, 6) is -0.140. The molecule has 102 valence electrons. The van der Waals surface area contributed by atoms with Crippen LogP contribution in [-0.2, 0) is 0 Å². The summed E-state index contributed by atoms with van der Waals surface area (Å²) in [4.78, 5) is 12.0. The largest absolute Gasteiger partial charge is 0.487 e. The Hall–Kier alpha value is -2.62. The van der Waals surface area contributed by atoms with Crippen molar-refractivity contribution in [2.75, 3.05) is 11.9 Å². The van der Waals surface area contributed by atoms with Crippen LogP contribution >= 0.6 is 0 Å². The molecule has 0 atom stereocenters. The molecule has 0 aliphatic rings. The average Bonchev–Trinajstić information content (AvgIpc) is 2.47. The van der Waals surface area contributed by atoms with Gasteiger partial charge >= 0.3 is 0 Å². The lowest BCUT2D eigenvalue weighted by Gasteiger charge is -2.11. The first-order valence-electron chi connectivity index (χ1n) is 6.10. The lowest BCUT2D eigenvalue weighted by Crippen LogP contribution is -2.12. The van der Waals surface area contributed by atoms with Crippen LogP contribution in [0.15, 0.2) is 61.2 Å². The van der Waals surface area contributed by atoms with Crippen molar-refractivity contribution in [1.29, 1.82) is 0 Å². The quantitative estimate of drug-likeness (QED) is 0.843. The summed E-state index contributed by atoms with van der Waals surface area (Å²) in [5.41, 5.74) is 0.939. The monoisotopic (exact) mass is 271 g/mol. The van der Waals surface area contributed by atoms with Crippen molar-refractivity contribution in [3.63, 3.8) is 0 Å². The Kier molecular flexibility index (Phi) is 4.50. The van der Waals surface area contributed by atoms with Crippen LogP contribution in [0.3, 0.4) is 0 Å². The molecule has 0 heterocycles. The molecule has 0 aliphatic heterocycles. The number of anilines is 1. The van der Waals surface area contributed by atoms with Crippen molar-refractivity contribution >= 4 is 11.6 Å². The molecule has 2 aromatic rings. The molecular formula is C16H14FNO2. The van der Waals surface area contributed by atoms with Gasteiger partial charge in [-0.25, -0.2) is 4.39 Å². The van der Waals surface area contributed by atoms with Crippen molar-refractivity contribution in [3.8, 4) is 5.75 Å². The molecule has 0 saturated carbocycles. The molecule has 1 N–H and O–H groups in total. The van der Waals surface area contributed by atoms with Crippen LogP contribution in [0.5, 0.6) is 5.75 Å². The highest BCUT2D eigenvalue weighted by atomic mass is 19.1. The SMILES string of the molecule is C=CCOc1ccccc1NC(=O)c1ccc(F)cc1. The lowest BCUT2D eigenvalue weighted by molar-refractivity contribution is 0.102. The molecule has 0 saturated heterocycles. The Labute approximate surface area is 116 Å². The maximum atomic E-state index is 12.8. The van der Waals surface area contributed by atoms with E-state index in [0.717, 1.165) is 0 Å².